The van der Waals surface area contributed by atoms with Crippen LogP contribution < -0.4 is 9.64 Å². The highest BCUT2D eigenvalue weighted by molar-refractivity contribution is 14.1. The number of hydrogen-bond acceptors (Lipinski definition) is 5. The standard InChI is InChI=1S/C27H25IN2O3S/c1-4-17-6-10-20(11-7-17)29-27-30(21-12-8-18(5-2)9-13-21)26(32)24(34-27)16-19-14-22(28)25(31)23(15-19)33-3/h6-16,31H,4-5H2,1-3H3. The minimum absolute atomic E-state index is 0.0890. The summed E-state index contributed by atoms with van der Waals surface area (Å²) >= 11 is 3.39. The molecule has 0 aliphatic carbocycles. The molecule has 0 bridgehead atoms. The second kappa shape index (κ2) is 10.7. The van der Waals surface area contributed by atoms with E-state index in [0.29, 0.717) is 19.4 Å². The van der Waals surface area contributed by atoms with Crippen LogP contribution in [0.15, 0.2) is 70.6 Å². The number of amides is 1. The van der Waals surface area contributed by atoms with Crippen LogP contribution in [0.5, 0.6) is 11.5 Å². The van der Waals surface area contributed by atoms with Crippen LogP contribution in [0.3, 0.4) is 0 Å². The number of carbonyl (C=O) groups excluding carboxylic acids is 1. The molecule has 1 aliphatic rings. The number of aryl methyl sites for hydroxylation is 2. The van der Waals surface area contributed by atoms with Crippen LogP contribution in [0.25, 0.3) is 6.08 Å². The number of phenolic OH excluding ortho intramolecular Hbond substituents is 1. The van der Waals surface area contributed by atoms with Gasteiger partial charge in [0.25, 0.3) is 5.91 Å². The topological polar surface area (TPSA) is 62.1 Å². The molecule has 1 heterocycles. The van der Waals surface area contributed by atoms with Crippen molar-refractivity contribution in [1.82, 2.24) is 0 Å². The van der Waals surface area contributed by atoms with Crippen molar-refractivity contribution >= 4 is 62.9 Å². The highest BCUT2D eigenvalue weighted by Crippen LogP contribution is 2.39. The van der Waals surface area contributed by atoms with E-state index >= 15 is 0 Å². The molecule has 0 unspecified atom stereocenters. The molecule has 3 aromatic carbocycles. The van der Waals surface area contributed by atoms with Gasteiger partial charge in [-0.3, -0.25) is 9.69 Å². The van der Waals surface area contributed by atoms with Gasteiger partial charge in [0.15, 0.2) is 16.7 Å². The fourth-order valence-corrected chi connectivity index (χ4v) is 5.18. The first kappa shape index (κ1) is 24.3. The monoisotopic (exact) mass is 584 g/mol. The van der Waals surface area contributed by atoms with Crippen LogP contribution in [0.2, 0.25) is 0 Å². The van der Waals surface area contributed by atoms with Crippen LogP contribution in [0, 0.1) is 3.57 Å². The Kier molecular flexibility index (Phi) is 7.63. The Bertz CT molecular complexity index is 1270. The summed E-state index contributed by atoms with van der Waals surface area (Å²) in [6.45, 7) is 4.22. The molecule has 174 valence electrons. The lowest BCUT2D eigenvalue weighted by Crippen LogP contribution is -2.28. The molecule has 1 saturated heterocycles. The average molecular weight is 584 g/mol. The fraction of sp³-hybridized carbons (Fsp3) is 0.185. The molecular formula is C27H25IN2O3S. The van der Waals surface area contributed by atoms with Crippen molar-refractivity contribution in [1.29, 1.82) is 0 Å². The minimum Gasteiger partial charge on any atom is -0.504 e. The quantitative estimate of drug-likeness (QED) is 0.252. The number of nitrogens with zero attached hydrogens (tertiary/aromatic N) is 2. The number of benzene rings is 3. The van der Waals surface area contributed by atoms with E-state index < -0.39 is 0 Å². The first-order valence-electron chi connectivity index (χ1n) is 11.0. The molecule has 0 radical (unpaired) electrons. The lowest BCUT2D eigenvalue weighted by atomic mass is 10.1. The molecule has 5 nitrogen and oxygen atoms in total. The van der Waals surface area contributed by atoms with E-state index in [4.69, 9.17) is 9.73 Å². The number of halogens is 1. The van der Waals surface area contributed by atoms with E-state index in [2.05, 4.69) is 48.6 Å². The lowest BCUT2D eigenvalue weighted by Gasteiger charge is -2.16. The zero-order valence-electron chi connectivity index (χ0n) is 19.2. The third-order valence-corrected chi connectivity index (χ3v) is 7.34. The van der Waals surface area contributed by atoms with Gasteiger partial charge in [-0.15, -0.1) is 0 Å². The van der Waals surface area contributed by atoms with Crippen molar-refractivity contribution in [3.8, 4) is 11.5 Å². The summed E-state index contributed by atoms with van der Waals surface area (Å²) < 4.78 is 5.93. The molecule has 0 atom stereocenters. The summed E-state index contributed by atoms with van der Waals surface area (Å²) in [7, 11) is 1.51. The average Bonchev–Trinajstić information content (AvgIpc) is 3.15. The predicted molar refractivity (Wildman–Crippen MR) is 149 cm³/mol. The molecule has 1 fully saturated rings. The third kappa shape index (κ3) is 5.15. The molecule has 0 aromatic heterocycles. The Hall–Kier alpha value is -2.78. The molecular weight excluding hydrogens is 559 g/mol. The van der Waals surface area contributed by atoms with E-state index in [9.17, 15) is 9.90 Å². The number of methoxy groups -OCH3 is 1. The van der Waals surface area contributed by atoms with Crippen LogP contribution >= 0.6 is 34.4 Å². The number of carbonyl (C=O) groups is 1. The van der Waals surface area contributed by atoms with Gasteiger partial charge in [-0.25, -0.2) is 4.99 Å². The molecule has 3 aromatic rings. The Morgan fingerprint density at radius 3 is 2.24 bits per heavy atom. The predicted octanol–water partition coefficient (Wildman–Crippen LogP) is 6.94. The van der Waals surface area contributed by atoms with Crippen molar-refractivity contribution in [2.24, 2.45) is 4.99 Å². The number of amidine groups is 1. The highest BCUT2D eigenvalue weighted by Gasteiger charge is 2.35. The van der Waals surface area contributed by atoms with Gasteiger partial charge in [-0.2, -0.15) is 0 Å². The number of hydrogen-bond donors (Lipinski definition) is 1. The van der Waals surface area contributed by atoms with Crippen LogP contribution in [0.1, 0.15) is 30.5 Å². The zero-order chi connectivity index (χ0) is 24.2. The van der Waals surface area contributed by atoms with Gasteiger partial charge < -0.3 is 9.84 Å². The molecule has 34 heavy (non-hydrogen) atoms. The Morgan fingerprint density at radius 2 is 1.65 bits per heavy atom. The number of anilines is 1. The van der Waals surface area contributed by atoms with Gasteiger partial charge in [-0.1, -0.05) is 38.1 Å². The van der Waals surface area contributed by atoms with Crippen molar-refractivity contribution in [3.63, 3.8) is 0 Å². The van der Waals surface area contributed by atoms with Crippen molar-refractivity contribution in [3.05, 3.63) is 85.8 Å². The zero-order valence-corrected chi connectivity index (χ0v) is 22.2. The number of ether oxygens (including phenoxy) is 1. The smallest absolute Gasteiger partial charge is 0.271 e. The fourth-order valence-electron chi connectivity index (χ4n) is 3.56. The molecule has 0 saturated carbocycles. The SMILES string of the molecule is CCc1ccc(N=C2SC(=Cc3cc(I)c(O)c(OC)c3)C(=O)N2c2ccc(CC)cc2)cc1. The molecule has 7 heteroatoms. The number of aromatic hydroxyl groups is 1. The summed E-state index contributed by atoms with van der Waals surface area (Å²) in [6.07, 6.45) is 3.70. The van der Waals surface area contributed by atoms with Gasteiger partial charge in [0.05, 0.1) is 27.0 Å². The first-order chi connectivity index (χ1) is 16.4. The second-order valence-corrected chi connectivity index (χ2v) is 9.91. The van der Waals surface area contributed by atoms with Gasteiger partial charge >= 0.3 is 0 Å². The maximum Gasteiger partial charge on any atom is 0.271 e. The van der Waals surface area contributed by atoms with Gasteiger partial charge in [0.2, 0.25) is 0 Å². The van der Waals surface area contributed by atoms with Crippen molar-refractivity contribution in [2.75, 3.05) is 12.0 Å². The van der Waals surface area contributed by atoms with E-state index in [-0.39, 0.29) is 11.7 Å². The van der Waals surface area contributed by atoms with E-state index in [1.54, 1.807) is 11.0 Å². The largest absolute Gasteiger partial charge is 0.504 e. The highest BCUT2D eigenvalue weighted by atomic mass is 127. The van der Waals surface area contributed by atoms with E-state index in [1.807, 2.05) is 48.5 Å². The molecule has 1 amide bonds. The van der Waals surface area contributed by atoms with Gasteiger partial charge in [-0.05, 0) is 106 Å². The van der Waals surface area contributed by atoms with Crippen molar-refractivity contribution in [2.45, 2.75) is 26.7 Å². The van der Waals surface area contributed by atoms with Gasteiger partial charge in [0.1, 0.15) is 0 Å². The summed E-state index contributed by atoms with van der Waals surface area (Å²) in [4.78, 5) is 20.6. The summed E-state index contributed by atoms with van der Waals surface area (Å²) in [5.74, 6) is 0.317. The normalized spacial score (nSPS) is 16.0. The maximum absolute atomic E-state index is 13.5. The molecule has 1 N–H and O–H groups in total. The first-order valence-corrected chi connectivity index (χ1v) is 12.9. The van der Waals surface area contributed by atoms with E-state index in [0.717, 1.165) is 29.8 Å². The Labute approximate surface area is 217 Å². The summed E-state index contributed by atoms with van der Waals surface area (Å²) in [5, 5.41) is 10.8. The molecule has 4 rings (SSSR count). The van der Waals surface area contributed by atoms with E-state index in [1.165, 1.54) is 30.0 Å². The summed E-state index contributed by atoms with van der Waals surface area (Å²) in [6, 6.07) is 19.6. The lowest BCUT2D eigenvalue weighted by molar-refractivity contribution is -0.113. The number of phenols is 1. The summed E-state index contributed by atoms with van der Waals surface area (Å²) in [5.41, 5.74) is 4.79. The van der Waals surface area contributed by atoms with Gasteiger partial charge in [0, 0.05) is 0 Å². The third-order valence-electron chi connectivity index (χ3n) is 5.55. The second-order valence-electron chi connectivity index (χ2n) is 7.74. The van der Waals surface area contributed by atoms with Crippen LogP contribution in [0.4, 0.5) is 11.4 Å². The Balaban J connectivity index is 1.77. The number of thioether (sulfide) groups is 1. The Morgan fingerprint density at radius 1 is 1.03 bits per heavy atom. The number of rotatable bonds is 6. The number of aliphatic imine (C=N–C) groups is 1. The minimum atomic E-state index is -0.139. The maximum atomic E-state index is 13.5. The van der Waals surface area contributed by atoms with Crippen LogP contribution in [-0.2, 0) is 17.6 Å². The molecule has 1 aliphatic heterocycles. The molecule has 0 spiro atoms. The van der Waals surface area contributed by atoms with Crippen LogP contribution in [-0.4, -0.2) is 23.3 Å². The van der Waals surface area contributed by atoms with Crippen molar-refractivity contribution < 1.29 is 14.6 Å².